The molecule has 14 amide bonds. The number of para-hydroxylation sites is 1. The predicted molar refractivity (Wildman–Crippen MR) is 479 cm³/mol. The van der Waals surface area contributed by atoms with E-state index in [4.69, 9.17) is 16.2 Å². The third-order valence-electron chi connectivity index (χ3n) is 24.1. The number of benzene rings is 5. The van der Waals surface area contributed by atoms with Crippen LogP contribution in [0, 0.1) is 23.4 Å². The van der Waals surface area contributed by atoms with Crippen molar-refractivity contribution in [2.75, 3.05) is 65.4 Å². The zero-order valence-electron chi connectivity index (χ0n) is 74.4. The number of phenols is 1. The minimum absolute atomic E-state index is 0.0190. The maximum Gasteiger partial charge on any atom is 0.305 e. The number of aliphatic carboxylic acids is 1. The van der Waals surface area contributed by atoms with Gasteiger partial charge in [-0.05, 0) is 122 Å². The second kappa shape index (κ2) is 48.0. The second-order valence-corrected chi connectivity index (χ2v) is 35.0. The quantitative estimate of drug-likeness (QED) is 0.0298. The number of likely N-dealkylation sites (N-methyl/N-ethyl adjacent to an activating group) is 3. The van der Waals surface area contributed by atoms with Gasteiger partial charge in [-0.15, -0.1) is 11.8 Å². The predicted octanol–water partition coefficient (Wildman–Crippen LogP) is 1.13. The molecule has 0 aliphatic carbocycles. The molecular formula is C92H118F3N17O19S. The Balaban J connectivity index is 1.02. The van der Waals surface area contributed by atoms with Crippen molar-refractivity contribution in [2.24, 2.45) is 17.4 Å². The summed E-state index contributed by atoms with van der Waals surface area (Å²) in [6, 6.07) is 11.5. The molecule has 4 aliphatic heterocycles. The van der Waals surface area contributed by atoms with E-state index in [1.54, 1.807) is 110 Å². The molecule has 4 aliphatic rings. The molecule has 15 atom stereocenters. The Labute approximate surface area is 765 Å². The summed E-state index contributed by atoms with van der Waals surface area (Å²) in [6.45, 7) is 3.84. The Hall–Kier alpha value is -12.5. The van der Waals surface area contributed by atoms with E-state index in [0.29, 0.717) is 89.3 Å². The largest absolute Gasteiger partial charge is 0.508 e. The van der Waals surface area contributed by atoms with Crippen molar-refractivity contribution in [2.45, 2.75) is 214 Å². The number of epoxide rings is 1. The standard InChI is InChI=1S/C92H118F3N17O19S/c1-7-8-27-71-90(129)111-36-18-28-69(111)85(124)105-66(46-76(117)118)84(123)107-78(51(2)3)91(130)109(5)72(43-52-20-11-9-12-21-52)87(126)101-62(26-17-35-96)79-92(131-79)112-37-19-29-70(112)86(125)104-65(45-56-47-98-61-25-16-15-24-58(56)61)83(122)103-64(41-54-30-32-57(114)33-31-54)82(121)102-63(34-38-113)81(120)106-68(80(119)99-48-74(97)115)49-132-50-75(116)100-67(42-55-39-59(93)77(95)60(94)40-55)88(127)110(6)73(89(128)108(71)4)44-53-22-13-10-14-23-53/h9-16,20-25,30-33,39-40,47,51,62-73,78-79,92,98,113-114H,7-8,17-19,26-29,34-38,41-46,48-50,96H2,1-6H3,(H2,97,115)(H,99,119)(H,100,116)(H,101,126)(H,102,121)(H,103,122)(H,104,125)(H,105,124)(H,106,120)(H,107,123)(H,117,118)/t62-,63-,64-,65-,66-,67-,68-,69+,70?,71-,72?,73?,78-,79?,92?/m0/s1. The second-order valence-electron chi connectivity index (χ2n) is 34.0. The summed E-state index contributed by atoms with van der Waals surface area (Å²) < 4.78 is 51.5. The fourth-order valence-corrected chi connectivity index (χ4v) is 17.7. The Bertz CT molecular complexity index is 5080. The van der Waals surface area contributed by atoms with Gasteiger partial charge in [0.25, 0.3) is 0 Å². The van der Waals surface area contributed by atoms with Crippen LogP contribution in [0.25, 0.3) is 10.9 Å². The number of nitrogens with zero attached hydrogens (tertiary/aromatic N) is 5. The number of phenolic OH excluding ortho intramolecular Hbond substituents is 1. The van der Waals surface area contributed by atoms with E-state index in [0.717, 1.165) is 14.7 Å². The molecule has 132 heavy (non-hydrogen) atoms. The Morgan fingerprint density at radius 3 is 1.77 bits per heavy atom. The summed E-state index contributed by atoms with van der Waals surface area (Å²) in [6.07, 6.45) is -0.981. The van der Waals surface area contributed by atoms with Crippen LogP contribution in [0.15, 0.2) is 128 Å². The minimum Gasteiger partial charge on any atom is -0.508 e. The van der Waals surface area contributed by atoms with Crippen LogP contribution < -0.4 is 59.3 Å². The van der Waals surface area contributed by atoms with Crippen LogP contribution in [0.3, 0.4) is 0 Å². The van der Waals surface area contributed by atoms with E-state index in [2.05, 4.69) is 52.8 Å². The molecule has 5 heterocycles. The number of unbranched alkanes of at least 4 members (excludes halogenated alkanes) is 1. The molecule has 4 fully saturated rings. The van der Waals surface area contributed by atoms with Gasteiger partial charge in [-0.25, -0.2) is 13.2 Å². The molecule has 10 rings (SSSR count). The number of H-pyrrole nitrogens is 1. The van der Waals surface area contributed by atoms with Crippen LogP contribution in [0.5, 0.6) is 5.75 Å². The first kappa shape index (κ1) is 102. The molecule has 0 radical (unpaired) electrons. The number of primary amides is 1. The fourth-order valence-electron chi connectivity index (χ4n) is 16.8. The number of rotatable bonds is 24. The maximum absolute atomic E-state index is 15.7. The van der Waals surface area contributed by atoms with E-state index >= 15 is 47.1 Å². The average molecular weight is 1860 g/mol. The van der Waals surface area contributed by atoms with Gasteiger partial charge in [0.15, 0.2) is 17.5 Å². The number of hydrogen-bond acceptors (Lipinski definition) is 21. The molecule has 0 bridgehead atoms. The Morgan fingerprint density at radius 2 is 1.13 bits per heavy atom. The molecule has 4 saturated heterocycles. The zero-order chi connectivity index (χ0) is 95.7. The summed E-state index contributed by atoms with van der Waals surface area (Å²) in [5.74, 6) is -22.1. The highest BCUT2D eigenvalue weighted by Crippen LogP contribution is 2.37. The van der Waals surface area contributed by atoms with Crippen molar-refractivity contribution in [1.82, 2.24) is 77.3 Å². The van der Waals surface area contributed by atoms with Gasteiger partial charge in [-0.2, -0.15) is 0 Å². The molecule has 6 aromatic rings. The highest BCUT2D eigenvalue weighted by Gasteiger charge is 2.54. The van der Waals surface area contributed by atoms with Gasteiger partial charge < -0.3 is 104 Å². The molecular weight excluding hydrogens is 1740 g/mol. The van der Waals surface area contributed by atoms with E-state index in [1.807, 2.05) is 6.92 Å². The van der Waals surface area contributed by atoms with Gasteiger partial charge in [0.1, 0.15) is 84.5 Å². The van der Waals surface area contributed by atoms with Crippen LogP contribution in [-0.4, -0.2) is 290 Å². The Morgan fingerprint density at radius 1 is 0.568 bits per heavy atom. The average Bonchev–Trinajstić information content (AvgIpc) is 1.60. The van der Waals surface area contributed by atoms with Crippen LogP contribution in [-0.2, 0) is 109 Å². The van der Waals surface area contributed by atoms with Crippen LogP contribution in [0.2, 0.25) is 0 Å². The minimum atomic E-state index is -1.89. The van der Waals surface area contributed by atoms with Crippen molar-refractivity contribution in [3.63, 3.8) is 0 Å². The monoisotopic (exact) mass is 1850 g/mol. The van der Waals surface area contributed by atoms with Crippen molar-refractivity contribution in [1.29, 1.82) is 0 Å². The lowest BCUT2D eigenvalue weighted by atomic mass is 9.98. The summed E-state index contributed by atoms with van der Waals surface area (Å²) in [5.41, 5.74) is 13.9. The van der Waals surface area contributed by atoms with E-state index < -0.39 is 247 Å². The molecule has 0 spiro atoms. The summed E-state index contributed by atoms with van der Waals surface area (Å²) in [7, 11) is 3.86. The summed E-state index contributed by atoms with van der Waals surface area (Å²) in [4.78, 5) is 230. The first-order valence-electron chi connectivity index (χ1n) is 44.2. The number of aromatic amines is 1. The molecule has 712 valence electrons. The van der Waals surface area contributed by atoms with Crippen molar-refractivity contribution >= 4 is 111 Å². The Kier molecular flexibility index (Phi) is 37.0. The zero-order valence-corrected chi connectivity index (χ0v) is 75.2. The van der Waals surface area contributed by atoms with Crippen molar-refractivity contribution in [3.05, 3.63) is 173 Å². The van der Waals surface area contributed by atoms with E-state index in [1.165, 1.54) is 50.3 Å². The molecule has 0 saturated carbocycles. The number of carbonyl (C=O) groups is 15. The topological polar surface area (TPSA) is 522 Å². The number of aromatic nitrogens is 1. The normalized spacial score (nSPS) is 25.2. The number of aliphatic hydroxyl groups excluding tert-OH is 1. The number of carbonyl (C=O) groups excluding carboxylic acids is 14. The van der Waals surface area contributed by atoms with Gasteiger partial charge in [-0.1, -0.05) is 125 Å². The molecule has 5 unspecified atom stereocenters. The lowest BCUT2D eigenvalue weighted by Gasteiger charge is -2.38. The van der Waals surface area contributed by atoms with Crippen molar-refractivity contribution < 1.29 is 105 Å². The third-order valence-corrected chi connectivity index (χ3v) is 25.2. The number of nitrogens with one attached hydrogen (secondary N) is 10. The van der Waals surface area contributed by atoms with Crippen LogP contribution in [0.4, 0.5) is 13.2 Å². The summed E-state index contributed by atoms with van der Waals surface area (Å²) >= 11 is 0.647. The number of nitrogens with two attached hydrogens (primary N) is 2. The number of halogens is 3. The smallest absolute Gasteiger partial charge is 0.305 e. The first-order valence-corrected chi connectivity index (χ1v) is 45.4. The number of carboxylic acid groups (broad SMARTS) is 1. The number of hydrogen-bond donors (Lipinski definition) is 15. The molecule has 1 aromatic heterocycles. The fraction of sp³-hybridized carbons (Fsp3) is 0.489. The lowest BCUT2D eigenvalue weighted by molar-refractivity contribution is -0.152. The van der Waals surface area contributed by atoms with Crippen LogP contribution >= 0.6 is 11.8 Å². The lowest BCUT2D eigenvalue weighted by Crippen LogP contribution is -2.61. The molecule has 40 heteroatoms. The number of aromatic hydroxyl groups is 1. The van der Waals surface area contributed by atoms with E-state index in [9.17, 15) is 53.3 Å². The number of thioether (sulfide) groups is 1. The van der Waals surface area contributed by atoms with Crippen LogP contribution in [0.1, 0.15) is 119 Å². The number of amides is 14. The molecule has 36 nitrogen and oxygen atoms in total. The number of aliphatic hydroxyl groups is 1. The van der Waals surface area contributed by atoms with E-state index in [-0.39, 0.29) is 82.2 Å². The number of fused-ring (bicyclic) bond motifs is 5. The third kappa shape index (κ3) is 27.3. The maximum atomic E-state index is 15.7. The summed E-state index contributed by atoms with van der Waals surface area (Å²) in [5, 5.41) is 55.9. The van der Waals surface area contributed by atoms with Gasteiger partial charge >= 0.3 is 5.97 Å². The van der Waals surface area contributed by atoms with Gasteiger partial charge in [0.05, 0.1) is 30.8 Å². The SMILES string of the molecule is CCCC[C@H]1C(=O)N2CCC[C@@H]2C(=O)N[C@@H](CC(=O)O)C(=O)N[C@@H](C(C)C)C(=O)N(C)C(Cc2ccccc2)C(=O)N[C@@H](CCCN)C2OC2N2CCCC2C(=O)N[C@@H](Cc2c[nH]c3ccccc23)C(=O)N[C@@H](Cc2ccc(O)cc2)C(=O)N[C@@H](CCO)C(=O)N[C@H](C(=O)NCC(N)=O)CSCC(=O)N[C@@H](Cc2cc(F)c(F)c(F)c2)C(=O)N(C)C(Cc2ccccc2)C(=O)N1C. The van der Waals surface area contributed by atoms with Gasteiger partial charge in [-0.3, -0.25) is 76.8 Å². The first-order chi connectivity index (χ1) is 63.1. The molecule has 17 N–H and O–H groups in total. The van der Waals surface area contributed by atoms with Gasteiger partial charge in [0, 0.05) is 95.8 Å². The molecule has 5 aromatic carbocycles. The van der Waals surface area contributed by atoms with Gasteiger partial charge in [0.2, 0.25) is 82.7 Å². The highest BCUT2D eigenvalue weighted by molar-refractivity contribution is 8.00. The number of ether oxygens (including phenoxy) is 1. The van der Waals surface area contributed by atoms with Crippen molar-refractivity contribution in [3.8, 4) is 5.75 Å². The number of carboxylic acids is 1. The highest BCUT2D eigenvalue weighted by atomic mass is 32.2.